The molecule has 0 aliphatic carbocycles. The Kier molecular flexibility index (Phi) is 6.56. The van der Waals surface area contributed by atoms with Crippen LogP contribution in [0.2, 0.25) is 5.02 Å². The minimum absolute atomic E-state index is 0.139. The van der Waals surface area contributed by atoms with Crippen molar-refractivity contribution >= 4 is 33.2 Å². The van der Waals surface area contributed by atoms with E-state index in [4.69, 9.17) is 11.6 Å². The zero-order chi connectivity index (χ0) is 20.2. The van der Waals surface area contributed by atoms with E-state index in [1.165, 1.54) is 45.2 Å². The van der Waals surface area contributed by atoms with Crippen LogP contribution >= 0.6 is 11.6 Å². The Bertz CT molecular complexity index is 919. The summed E-state index contributed by atoms with van der Waals surface area (Å²) >= 11 is 6.17. The van der Waals surface area contributed by atoms with Crippen molar-refractivity contribution < 1.29 is 17.6 Å². The van der Waals surface area contributed by atoms with Gasteiger partial charge in [-0.15, -0.1) is 0 Å². The van der Waals surface area contributed by atoms with Gasteiger partial charge in [-0.05, 0) is 50.6 Å². The molecule has 27 heavy (non-hydrogen) atoms. The standard InChI is InChI=1S/C18H21ClFN3O3S/c1-12(2)27(25,26)22-11-18(3,20)14-6-7-16(15(19)9-14)23-17(24)13-5-4-8-21-10-13/h4-10,12,22H,11H2,1-3H3,(H,23,24). The SMILES string of the molecule is CC(C)S(=O)(=O)NCC(C)(F)c1ccc(NC(=O)c2cccnc2)c(Cl)c1. The van der Waals surface area contributed by atoms with Crippen LogP contribution in [0.5, 0.6) is 0 Å². The van der Waals surface area contributed by atoms with Crippen molar-refractivity contribution in [2.24, 2.45) is 0 Å². The van der Waals surface area contributed by atoms with Crippen LogP contribution in [0.3, 0.4) is 0 Å². The minimum atomic E-state index is -3.59. The number of rotatable bonds is 7. The minimum Gasteiger partial charge on any atom is -0.321 e. The van der Waals surface area contributed by atoms with E-state index in [-0.39, 0.29) is 10.6 Å². The Labute approximate surface area is 163 Å². The molecule has 0 aliphatic rings. The van der Waals surface area contributed by atoms with E-state index in [1.807, 2.05) is 0 Å². The maximum absolute atomic E-state index is 15.0. The fourth-order valence-corrected chi connectivity index (χ4v) is 3.17. The predicted octanol–water partition coefficient (Wildman–Crippen LogP) is 3.50. The average molecular weight is 414 g/mol. The second-order valence-electron chi connectivity index (χ2n) is 6.50. The summed E-state index contributed by atoms with van der Waals surface area (Å²) in [4.78, 5) is 16.0. The summed E-state index contributed by atoms with van der Waals surface area (Å²) < 4.78 is 40.9. The highest BCUT2D eigenvalue weighted by molar-refractivity contribution is 7.90. The molecule has 0 saturated heterocycles. The number of hydrogen-bond acceptors (Lipinski definition) is 4. The molecule has 0 fully saturated rings. The molecule has 2 N–H and O–H groups in total. The summed E-state index contributed by atoms with van der Waals surface area (Å²) in [7, 11) is -3.59. The number of nitrogens with one attached hydrogen (secondary N) is 2. The molecule has 1 heterocycles. The van der Waals surface area contributed by atoms with Gasteiger partial charge >= 0.3 is 0 Å². The molecule has 0 bridgehead atoms. The van der Waals surface area contributed by atoms with Crippen LogP contribution in [0.1, 0.15) is 36.7 Å². The number of anilines is 1. The average Bonchev–Trinajstić information content (AvgIpc) is 2.62. The molecule has 6 nitrogen and oxygen atoms in total. The van der Waals surface area contributed by atoms with E-state index < -0.39 is 33.4 Å². The van der Waals surface area contributed by atoms with Crippen molar-refractivity contribution in [2.75, 3.05) is 11.9 Å². The van der Waals surface area contributed by atoms with Crippen LogP contribution in [0, 0.1) is 0 Å². The summed E-state index contributed by atoms with van der Waals surface area (Å²) in [6.07, 6.45) is 2.96. The van der Waals surface area contributed by atoms with Gasteiger partial charge in [-0.25, -0.2) is 17.5 Å². The van der Waals surface area contributed by atoms with E-state index in [1.54, 1.807) is 18.3 Å². The first kappa shape index (κ1) is 21.3. The number of carbonyl (C=O) groups excluding carboxylic acids is 1. The monoisotopic (exact) mass is 413 g/mol. The van der Waals surface area contributed by atoms with Gasteiger partial charge in [-0.1, -0.05) is 17.7 Å². The molecule has 1 amide bonds. The molecule has 0 spiro atoms. The lowest BCUT2D eigenvalue weighted by Crippen LogP contribution is -2.39. The first-order valence-electron chi connectivity index (χ1n) is 8.22. The van der Waals surface area contributed by atoms with E-state index >= 15 is 0 Å². The highest BCUT2D eigenvalue weighted by Crippen LogP contribution is 2.31. The van der Waals surface area contributed by atoms with Gasteiger partial charge in [-0.2, -0.15) is 0 Å². The molecule has 146 valence electrons. The van der Waals surface area contributed by atoms with Crippen LogP contribution in [-0.4, -0.2) is 31.1 Å². The molecular weight excluding hydrogens is 393 g/mol. The number of nitrogens with zero attached hydrogens (tertiary/aromatic N) is 1. The quantitative estimate of drug-likeness (QED) is 0.727. The molecule has 2 aromatic rings. The zero-order valence-electron chi connectivity index (χ0n) is 15.2. The van der Waals surface area contributed by atoms with Crippen molar-refractivity contribution in [1.29, 1.82) is 0 Å². The maximum atomic E-state index is 15.0. The summed E-state index contributed by atoms with van der Waals surface area (Å²) in [5, 5.41) is 2.11. The summed E-state index contributed by atoms with van der Waals surface area (Å²) in [6, 6.07) is 7.52. The Morgan fingerprint density at radius 1 is 1.33 bits per heavy atom. The Morgan fingerprint density at radius 3 is 2.59 bits per heavy atom. The Morgan fingerprint density at radius 2 is 2.04 bits per heavy atom. The zero-order valence-corrected chi connectivity index (χ0v) is 16.7. The van der Waals surface area contributed by atoms with Crippen molar-refractivity contribution in [1.82, 2.24) is 9.71 Å². The van der Waals surface area contributed by atoms with Crippen molar-refractivity contribution in [3.8, 4) is 0 Å². The number of hydrogen-bond donors (Lipinski definition) is 2. The van der Waals surface area contributed by atoms with Crippen LogP contribution in [0.4, 0.5) is 10.1 Å². The lowest BCUT2D eigenvalue weighted by atomic mass is 9.98. The van der Waals surface area contributed by atoms with Gasteiger partial charge in [0.15, 0.2) is 0 Å². The Balaban J connectivity index is 2.14. The Hall–Kier alpha value is -2.03. The van der Waals surface area contributed by atoms with Crippen LogP contribution in [0.15, 0.2) is 42.7 Å². The molecule has 1 aromatic carbocycles. The van der Waals surface area contributed by atoms with Gasteiger partial charge in [0.1, 0.15) is 5.67 Å². The fraction of sp³-hybridized carbons (Fsp3) is 0.333. The molecule has 0 saturated carbocycles. The third-order valence-electron chi connectivity index (χ3n) is 3.97. The molecule has 1 atom stereocenters. The molecule has 2 rings (SSSR count). The second kappa shape index (κ2) is 8.33. The second-order valence-corrected chi connectivity index (χ2v) is 9.23. The number of benzene rings is 1. The van der Waals surface area contributed by atoms with E-state index in [0.29, 0.717) is 11.3 Å². The van der Waals surface area contributed by atoms with Crippen molar-refractivity contribution in [2.45, 2.75) is 31.7 Å². The first-order valence-corrected chi connectivity index (χ1v) is 10.1. The van der Waals surface area contributed by atoms with Crippen LogP contribution in [-0.2, 0) is 15.7 Å². The topological polar surface area (TPSA) is 88.2 Å². The van der Waals surface area contributed by atoms with Gasteiger partial charge in [0, 0.05) is 18.9 Å². The van der Waals surface area contributed by atoms with Gasteiger partial charge in [0.05, 0.1) is 21.5 Å². The highest BCUT2D eigenvalue weighted by atomic mass is 35.5. The van der Waals surface area contributed by atoms with Crippen LogP contribution in [0.25, 0.3) is 0 Å². The maximum Gasteiger partial charge on any atom is 0.257 e. The number of pyridine rings is 1. The van der Waals surface area contributed by atoms with Gasteiger partial charge in [0.25, 0.3) is 5.91 Å². The predicted molar refractivity (Wildman–Crippen MR) is 104 cm³/mol. The van der Waals surface area contributed by atoms with Gasteiger partial charge in [0.2, 0.25) is 10.0 Å². The normalized spacial score (nSPS) is 14.0. The smallest absolute Gasteiger partial charge is 0.257 e. The number of carbonyl (C=O) groups is 1. The number of halogens is 2. The van der Waals surface area contributed by atoms with Gasteiger partial charge in [-0.3, -0.25) is 9.78 Å². The lowest BCUT2D eigenvalue weighted by molar-refractivity contribution is 0.102. The molecule has 1 aromatic heterocycles. The molecule has 0 radical (unpaired) electrons. The summed E-state index contributed by atoms with van der Waals surface area (Å²) in [6.45, 7) is 3.85. The fourth-order valence-electron chi connectivity index (χ4n) is 2.14. The largest absolute Gasteiger partial charge is 0.321 e. The number of alkyl halides is 1. The molecule has 1 unspecified atom stereocenters. The molecule has 9 heteroatoms. The lowest BCUT2D eigenvalue weighted by Gasteiger charge is -2.23. The number of amides is 1. The van der Waals surface area contributed by atoms with E-state index in [0.717, 1.165) is 0 Å². The third-order valence-corrected chi connectivity index (χ3v) is 6.07. The van der Waals surface area contributed by atoms with E-state index in [9.17, 15) is 17.6 Å². The number of aromatic nitrogens is 1. The highest BCUT2D eigenvalue weighted by Gasteiger charge is 2.29. The summed E-state index contributed by atoms with van der Waals surface area (Å²) in [5.41, 5.74) is -1.11. The van der Waals surface area contributed by atoms with E-state index in [2.05, 4.69) is 15.0 Å². The van der Waals surface area contributed by atoms with Crippen LogP contribution < -0.4 is 10.0 Å². The first-order chi connectivity index (χ1) is 12.5. The van der Waals surface area contributed by atoms with Crippen molar-refractivity contribution in [3.63, 3.8) is 0 Å². The number of sulfonamides is 1. The molecule has 0 aliphatic heterocycles. The summed E-state index contributed by atoms with van der Waals surface area (Å²) in [5.74, 6) is -0.398. The third kappa shape index (κ3) is 5.47. The van der Waals surface area contributed by atoms with Gasteiger partial charge < -0.3 is 5.32 Å². The van der Waals surface area contributed by atoms with Crippen molar-refractivity contribution in [3.05, 3.63) is 58.9 Å². The molecular formula is C18H21ClFN3O3S.